The number of hydrogen-bond acceptors (Lipinski definition) is 3. The summed E-state index contributed by atoms with van der Waals surface area (Å²) in [7, 11) is 3.27. The summed E-state index contributed by atoms with van der Waals surface area (Å²) >= 11 is 3.46. The van der Waals surface area contributed by atoms with Crippen LogP contribution in [0.3, 0.4) is 0 Å². The number of benzene rings is 2. The minimum Gasteiger partial charge on any atom is -0.497 e. The highest BCUT2D eigenvalue weighted by atomic mass is 79.9. The van der Waals surface area contributed by atoms with Crippen LogP contribution in [0.1, 0.15) is 27.9 Å². The number of aryl methyl sites for hydroxylation is 1. The Morgan fingerprint density at radius 1 is 1.04 bits per heavy atom. The molecule has 3 rings (SSSR count). The molecule has 0 radical (unpaired) electrons. The third-order valence-corrected chi connectivity index (χ3v) is 4.53. The zero-order valence-corrected chi connectivity index (χ0v) is 14.6. The number of carbonyl (C=O) groups excluding carboxylic acids is 1. The van der Waals surface area contributed by atoms with Gasteiger partial charge in [0.15, 0.2) is 5.78 Å². The molecule has 1 aliphatic rings. The van der Waals surface area contributed by atoms with Crippen molar-refractivity contribution in [2.75, 3.05) is 14.2 Å². The molecule has 0 atom stereocenters. The molecule has 0 saturated carbocycles. The van der Waals surface area contributed by atoms with Gasteiger partial charge in [0.2, 0.25) is 0 Å². The fraction of sp³-hybridized carbons (Fsp3) is 0.211. The average Bonchev–Trinajstić information content (AvgIpc) is 2.57. The van der Waals surface area contributed by atoms with E-state index in [9.17, 15) is 4.79 Å². The second-order valence-corrected chi connectivity index (χ2v) is 6.32. The van der Waals surface area contributed by atoms with Crippen LogP contribution in [0.5, 0.6) is 11.5 Å². The lowest BCUT2D eigenvalue weighted by atomic mass is 9.86. The Labute approximate surface area is 144 Å². The smallest absolute Gasteiger partial charge is 0.189 e. The molecule has 2 aromatic carbocycles. The molecule has 0 saturated heterocycles. The molecule has 118 valence electrons. The first kappa shape index (κ1) is 15.8. The van der Waals surface area contributed by atoms with E-state index in [-0.39, 0.29) is 5.78 Å². The highest BCUT2D eigenvalue weighted by Gasteiger charge is 2.22. The summed E-state index contributed by atoms with van der Waals surface area (Å²) in [6, 6.07) is 11.4. The molecule has 0 unspecified atom stereocenters. The molecule has 0 bridgehead atoms. The van der Waals surface area contributed by atoms with Gasteiger partial charge in [0, 0.05) is 21.2 Å². The Morgan fingerprint density at radius 2 is 1.87 bits per heavy atom. The first-order valence-corrected chi connectivity index (χ1v) is 8.17. The van der Waals surface area contributed by atoms with E-state index in [1.807, 2.05) is 42.5 Å². The fourth-order valence-electron chi connectivity index (χ4n) is 2.82. The lowest BCUT2D eigenvalue weighted by molar-refractivity contribution is 0.102. The van der Waals surface area contributed by atoms with Gasteiger partial charge in [0.1, 0.15) is 11.5 Å². The van der Waals surface area contributed by atoms with E-state index < -0.39 is 0 Å². The van der Waals surface area contributed by atoms with E-state index in [0.717, 1.165) is 44.7 Å². The maximum absolute atomic E-state index is 12.7. The minimum absolute atomic E-state index is 0.0796. The summed E-state index contributed by atoms with van der Waals surface area (Å²) in [5.74, 6) is 1.63. The molecule has 0 fully saturated rings. The summed E-state index contributed by atoms with van der Waals surface area (Å²) in [5.41, 5.74) is 3.52. The number of ketones is 1. The van der Waals surface area contributed by atoms with Crippen LogP contribution in [0, 0.1) is 0 Å². The molecule has 2 aromatic rings. The lowest BCUT2D eigenvalue weighted by Gasteiger charge is -2.18. The number of carbonyl (C=O) groups is 1. The van der Waals surface area contributed by atoms with E-state index in [1.165, 1.54) is 0 Å². The summed E-state index contributed by atoms with van der Waals surface area (Å²) < 4.78 is 11.6. The number of methoxy groups -OCH3 is 2. The molecule has 23 heavy (non-hydrogen) atoms. The summed E-state index contributed by atoms with van der Waals surface area (Å²) in [6.45, 7) is 0. The molecule has 0 amide bonds. The summed E-state index contributed by atoms with van der Waals surface area (Å²) in [5, 5.41) is 0. The van der Waals surface area contributed by atoms with Crippen LogP contribution in [0.2, 0.25) is 0 Å². The molecule has 0 aromatic heterocycles. The predicted molar refractivity (Wildman–Crippen MR) is 94.3 cm³/mol. The van der Waals surface area contributed by atoms with Gasteiger partial charge in [-0.3, -0.25) is 4.79 Å². The van der Waals surface area contributed by atoms with Gasteiger partial charge in [-0.1, -0.05) is 15.9 Å². The Morgan fingerprint density at radius 3 is 2.61 bits per heavy atom. The van der Waals surface area contributed by atoms with E-state index in [4.69, 9.17) is 9.47 Å². The molecule has 0 spiro atoms. The summed E-state index contributed by atoms with van der Waals surface area (Å²) in [4.78, 5) is 12.7. The second kappa shape index (κ2) is 6.59. The van der Waals surface area contributed by atoms with E-state index in [1.54, 1.807) is 14.2 Å². The normalized spacial score (nSPS) is 15.4. The zero-order chi connectivity index (χ0) is 16.4. The molecular weight excluding hydrogens is 356 g/mol. The number of hydrogen-bond donors (Lipinski definition) is 0. The monoisotopic (exact) mass is 372 g/mol. The number of Topliss-reactive ketones (excluding diaryl/α,β-unsaturated/α-hetero) is 1. The molecule has 0 heterocycles. The largest absolute Gasteiger partial charge is 0.497 e. The van der Waals surface area contributed by atoms with Crippen molar-refractivity contribution < 1.29 is 14.3 Å². The van der Waals surface area contributed by atoms with Gasteiger partial charge in [-0.15, -0.1) is 0 Å². The topological polar surface area (TPSA) is 35.5 Å². The predicted octanol–water partition coefficient (Wildman–Crippen LogP) is 4.68. The van der Waals surface area contributed by atoms with Gasteiger partial charge < -0.3 is 9.47 Å². The highest BCUT2D eigenvalue weighted by Crippen LogP contribution is 2.32. The molecule has 1 aliphatic carbocycles. The van der Waals surface area contributed by atoms with E-state index >= 15 is 0 Å². The number of allylic oxidation sites excluding steroid dienone is 1. The Hall–Kier alpha value is -2.07. The fourth-order valence-corrected chi connectivity index (χ4v) is 3.20. The van der Waals surface area contributed by atoms with Crippen LogP contribution in [0.4, 0.5) is 0 Å². The summed E-state index contributed by atoms with van der Waals surface area (Å²) in [6.07, 6.45) is 3.48. The third-order valence-electron chi connectivity index (χ3n) is 4.03. The van der Waals surface area contributed by atoms with Gasteiger partial charge in [-0.25, -0.2) is 0 Å². The Bertz CT molecular complexity index is 793. The first-order chi connectivity index (χ1) is 11.1. The first-order valence-electron chi connectivity index (χ1n) is 7.38. The highest BCUT2D eigenvalue weighted by molar-refractivity contribution is 9.10. The van der Waals surface area contributed by atoms with Crippen molar-refractivity contribution in [1.29, 1.82) is 0 Å². The quantitative estimate of drug-likeness (QED) is 0.733. The second-order valence-electron chi connectivity index (χ2n) is 5.41. The Kier molecular flexibility index (Phi) is 4.53. The molecular formula is C19H17BrO3. The van der Waals surface area contributed by atoms with Crippen molar-refractivity contribution in [2.45, 2.75) is 12.8 Å². The van der Waals surface area contributed by atoms with Crippen molar-refractivity contribution in [3.63, 3.8) is 0 Å². The Balaban J connectivity index is 1.99. The van der Waals surface area contributed by atoms with Crippen LogP contribution < -0.4 is 9.47 Å². The van der Waals surface area contributed by atoms with Crippen LogP contribution in [0.25, 0.3) is 6.08 Å². The molecule has 0 aliphatic heterocycles. The lowest BCUT2D eigenvalue weighted by Crippen LogP contribution is -2.14. The van der Waals surface area contributed by atoms with Crippen molar-refractivity contribution in [3.8, 4) is 11.5 Å². The van der Waals surface area contributed by atoms with Crippen LogP contribution in [0.15, 0.2) is 46.4 Å². The third kappa shape index (κ3) is 3.17. The maximum Gasteiger partial charge on any atom is 0.189 e. The van der Waals surface area contributed by atoms with Crippen LogP contribution >= 0.6 is 15.9 Å². The van der Waals surface area contributed by atoms with Gasteiger partial charge >= 0.3 is 0 Å². The van der Waals surface area contributed by atoms with Crippen molar-refractivity contribution in [3.05, 3.63) is 63.1 Å². The standard InChI is InChI=1S/C19H17BrO3/c1-22-16-6-7-17-12(11-16)3-4-13(19(17)21)9-14-10-15(20)5-8-18(14)23-2/h5-11H,3-4H2,1-2H3. The van der Waals surface area contributed by atoms with Crippen molar-refractivity contribution >= 4 is 27.8 Å². The zero-order valence-electron chi connectivity index (χ0n) is 13.1. The maximum atomic E-state index is 12.7. The van der Waals surface area contributed by atoms with E-state index in [0.29, 0.717) is 6.42 Å². The van der Waals surface area contributed by atoms with Gasteiger partial charge in [-0.05, 0) is 60.9 Å². The average molecular weight is 373 g/mol. The number of ether oxygens (including phenoxy) is 2. The molecule has 3 nitrogen and oxygen atoms in total. The number of fused-ring (bicyclic) bond motifs is 1. The van der Waals surface area contributed by atoms with E-state index in [2.05, 4.69) is 15.9 Å². The van der Waals surface area contributed by atoms with Crippen molar-refractivity contribution in [2.24, 2.45) is 0 Å². The van der Waals surface area contributed by atoms with Gasteiger partial charge in [0.05, 0.1) is 14.2 Å². The van der Waals surface area contributed by atoms with Crippen molar-refractivity contribution in [1.82, 2.24) is 0 Å². The number of halogens is 1. The van der Waals surface area contributed by atoms with Gasteiger partial charge in [0.25, 0.3) is 0 Å². The van der Waals surface area contributed by atoms with Crippen LogP contribution in [-0.4, -0.2) is 20.0 Å². The molecule has 0 N–H and O–H groups in total. The minimum atomic E-state index is 0.0796. The van der Waals surface area contributed by atoms with Gasteiger partial charge in [-0.2, -0.15) is 0 Å². The SMILES string of the molecule is COc1ccc2c(c1)CCC(=Cc1cc(Br)ccc1OC)C2=O. The van der Waals surface area contributed by atoms with Crippen LogP contribution in [-0.2, 0) is 6.42 Å². The molecule has 4 heteroatoms. The number of rotatable bonds is 3.